The van der Waals surface area contributed by atoms with Gasteiger partial charge in [-0.1, -0.05) is 20.8 Å². The molecule has 1 aromatic heterocycles. The van der Waals surface area contributed by atoms with Crippen LogP contribution in [-0.2, 0) is 24.5 Å². The van der Waals surface area contributed by atoms with Gasteiger partial charge in [-0.2, -0.15) is 5.10 Å². The summed E-state index contributed by atoms with van der Waals surface area (Å²) in [5.74, 6) is -1.52. The Morgan fingerprint density at radius 3 is 2.26 bits per heavy atom. The van der Waals surface area contributed by atoms with Gasteiger partial charge in [-0.05, 0) is 19.3 Å². The Morgan fingerprint density at radius 1 is 1.13 bits per heavy atom. The van der Waals surface area contributed by atoms with Gasteiger partial charge in [-0.15, -0.1) is 0 Å². The van der Waals surface area contributed by atoms with Crippen LogP contribution in [0.25, 0.3) is 0 Å². The van der Waals surface area contributed by atoms with Gasteiger partial charge in [0, 0.05) is 5.56 Å². The van der Waals surface area contributed by atoms with Crippen LogP contribution >= 0.6 is 0 Å². The van der Waals surface area contributed by atoms with Crippen molar-refractivity contribution >= 4 is 23.7 Å². The zero-order chi connectivity index (χ0) is 17.6. The summed E-state index contributed by atoms with van der Waals surface area (Å²) in [6.45, 7) is 9.42. The normalized spacial score (nSPS) is 11.0. The molecule has 0 saturated heterocycles. The molecule has 8 heteroatoms. The largest absolute Gasteiger partial charge is 0.466 e. The number of nitrogens with one attached hydrogen (secondary N) is 2. The van der Waals surface area contributed by atoms with Crippen LogP contribution in [-0.4, -0.2) is 41.3 Å². The molecule has 0 aromatic carbocycles. The summed E-state index contributed by atoms with van der Waals surface area (Å²) in [7, 11) is 0. The van der Waals surface area contributed by atoms with E-state index in [-0.39, 0.29) is 24.7 Å². The van der Waals surface area contributed by atoms with Gasteiger partial charge in [0.1, 0.15) is 12.1 Å². The van der Waals surface area contributed by atoms with Crippen LogP contribution in [0.5, 0.6) is 0 Å². The van der Waals surface area contributed by atoms with E-state index in [1.54, 1.807) is 13.8 Å². The van der Waals surface area contributed by atoms with E-state index in [0.717, 1.165) is 0 Å². The van der Waals surface area contributed by atoms with E-state index in [9.17, 15) is 14.4 Å². The minimum atomic E-state index is -0.622. The smallest absolute Gasteiger partial charge is 0.356 e. The SMILES string of the molecule is CCOC(=O)CC(=O)Nc1n[nH]c(C(=O)OCC)c1C(C)(C)C. The predicted molar refractivity (Wildman–Crippen MR) is 83.1 cm³/mol. The zero-order valence-electron chi connectivity index (χ0n) is 14.1. The van der Waals surface area contributed by atoms with E-state index in [1.165, 1.54) is 0 Å². The van der Waals surface area contributed by atoms with Gasteiger partial charge < -0.3 is 14.8 Å². The van der Waals surface area contributed by atoms with E-state index in [4.69, 9.17) is 9.47 Å². The lowest BCUT2D eigenvalue weighted by Crippen LogP contribution is -2.22. The molecule has 1 aromatic rings. The first-order valence-electron chi connectivity index (χ1n) is 7.42. The summed E-state index contributed by atoms with van der Waals surface area (Å²) in [5.41, 5.74) is 0.237. The topological polar surface area (TPSA) is 110 Å². The number of carbonyl (C=O) groups is 3. The number of hydrogen-bond acceptors (Lipinski definition) is 6. The van der Waals surface area contributed by atoms with E-state index >= 15 is 0 Å². The molecule has 128 valence electrons. The highest BCUT2D eigenvalue weighted by Crippen LogP contribution is 2.31. The number of carbonyl (C=O) groups excluding carboxylic acids is 3. The van der Waals surface area contributed by atoms with Crippen LogP contribution in [0.3, 0.4) is 0 Å². The van der Waals surface area contributed by atoms with Gasteiger partial charge in [0.2, 0.25) is 5.91 Å². The Labute approximate surface area is 134 Å². The number of ether oxygens (including phenoxy) is 2. The summed E-state index contributed by atoms with van der Waals surface area (Å²) in [6, 6.07) is 0. The summed E-state index contributed by atoms with van der Waals surface area (Å²) in [6.07, 6.45) is -0.418. The van der Waals surface area contributed by atoms with Crippen LogP contribution in [0.2, 0.25) is 0 Å². The lowest BCUT2D eigenvalue weighted by molar-refractivity contribution is -0.145. The van der Waals surface area contributed by atoms with Crippen LogP contribution < -0.4 is 5.32 Å². The fourth-order valence-corrected chi connectivity index (χ4v) is 2.03. The second kappa shape index (κ2) is 7.75. The number of nitrogens with zero attached hydrogens (tertiary/aromatic N) is 1. The number of amides is 1. The number of anilines is 1. The van der Waals surface area contributed by atoms with E-state index in [0.29, 0.717) is 5.56 Å². The van der Waals surface area contributed by atoms with E-state index in [2.05, 4.69) is 15.5 Å². The molecule has 2 N–H and O–H groups in total. The van der Waals surface area contributed by atoms with Gasteiger partial charge >= 0.3 is 11.9 Å². The molecule has 1 amide bonds. The first-order chi connectivity index (χ1) is 10.7. The van der Waals surface area contributed by atoms with Gasteiger partial charge in [0.25, 0.3) is 0 Å². The fraction of sp³-hybridized carbons (Fsp3) is 0.600. The van der Waals surface area contributed by atoms with Crippen LogP contribution in [0.1, 0.15) is 57.1 Å². The van der Waals surface area contributed by atoms with E-state index < -0.39 is 29.7 Å². The molecule has 23 heavy (non-hydrogen) atoms. The first kappa shape index (κ1) is 18.7. The molecular formula is C15H23N3O5. The summed E-state index contributed by atoms with van der Waals surface area (Å²) in [4.78, 5) is 35.2. The molecule has 0 atom stereocenters. The highest BCUT2D eigenvalue weighted by Gasteiger charge is 2.30. The van der Waals surface area contributed by atoms with Crippen molar-refractivity contribution in [1.82, 2.24) is 10.2 Å². The van der Waals surface area contributed by atoms with Crippen molar-refractivity contribution in [2.24, 2.45) is 0 Å². The quantitative estimate of drug-likeness (QED) is 0.609. The maximum absolute atomic E-state index is 12.0. The average molecular weight is 325 g/mol. The fourth-order valence-electron chi connectivity index (χ4n) is 2.03. The first-order valence-corrected chi connectivity index (χ1v) is 7.42. The predicted octanol–water partition coefficient (Wildman–Crippen LogP) is 1.78. The van der Waals surface area contributed by atoms with Crippen LogP contribution in [0, 0.1) is 0 Å². The molecule has 0 unspecified atom stereocenters. The standard InChI is InChI=1S/C15H23N3O5/c1-6-22-10(20)8-9(19)16-13-11(15(3,4)5)12(17-18-13)14(21)23-7-2/h6-8H2,1-5H3,(H2,16,17,18,19). The molecule has 0 saturated carbocycles. The maximum atomic E-state index is 12.0. The van der Waals surface area contributed by atoms with Crippen molar-refractivity contribution in [3.63, 3.8) is 0 Å². The number of aromatic amines is 1. The molecule has 0 aliphatic carbocycles. The van der Waals surface area contributed by atoms with Gasteiger partial charge in [-0.25, -0.2) is 4.79 Å². The zero-order valence-corrected chi connectivity index (χ0v) is 14.1. The lowest BCUT2D eigenvalue weighted by Gasteiger charge is -2.20. The maximum Gasteiger partial charge on any atom is 0.356 e. The van der Waals surface area contributed by atoms with Gasteiger partial charge in [0.05, 0.1) is 13.2 Å². The number of aromatic nitrogens is 2. The molecular weight excluding hydrogens is 302 g/mol. The third-order valence-corrected chi connectivity index (χ3v) is 2.86. The second-order valence-corrected chi connectivity index (χ2v) is 5.82. The van der Waals surface area contributed by atoms with Crippen LogP contribution in [0.4, 0.5) is 5.82 Å². The monoisotopic (exact) mass is 325 g/mol. The summed E-state index contributed by atoms with van der Waals surface area (Å²) >= 11 is 0. The summed E-state index contributed by atoms with van der Waals surface area (Å²) < 4.78 is 9.70. The lowest BCUT2D eigenvalue weighted by atomic mass is 9.86. The van der Waals surface area contributed by atoms with Crippen molar-refractivity contribution in [1.29, 1.82) is 0 Å². The average Bonchev–Trinajstić information content (AvgIpc) is 2.82. The molecule has 8 nitrogen and oxygen atoms in total. The van der Waals surface area contributed by atoms with Crippen molar-refractivity contribution in [2.45, 2.75) is 46.5 Å². The van der Waals surface area contributed by atoms with Crippen molar-refractivity contribution in [3.05, 3.63) is 11.3 Å². The van der Waals surface area contributed by atoms with Crippen molar-refractivity contribution < 1.29 is 23.9 Å². The molecule has 0 aliphatic rings. The molecule has 1 rings (SSSR count). The Bertz CT molecular complexity index is 586. The minimum Gasteiger partial charge on any atom is -0.466 e. The Morgan fingerprint density at radius 2 is 1.74 bits per heavy atom. The second-order valence-electron chi connectivity index (χ2n) is 5.82. The number of hydrogen-bond donors (Lipinski definition) is 2. The van der Waals surface area contributed by atoms with Gasteiger partial charge in [-0.3, -0.25) is 14.7 Å². The molecule has 0 bridgehead atoms. The van der Waals surface area contributed by atoms with Crippen molar-refractivity contribution in [3.8, 4) is 0 Å². The Kier molecular flexibility index (Phi) is 6.29. The molecule has 0 radical (unpaired) electrons. The number of H-pyrrole nitrogens is 1. The van der Waals surface area contributed by atoms with Gasteiger partial charge in [0.15, 0.2) is 5.82 Å². The third kappa shape index (κ3) is 5.08. The highest BCUT2D eigenvalue weighted by atomic mass is 16.5. The third-order valence-electron chi connectivity index (χ3n) is 2.86. The summed E-state index contributed by atoms with van der Waals surface area (Å²) in [5, 5.41) is 9.10. The minimum absolute atomic E-state index is 0.186. The molecule has 0 spiro atoms. The molecule has 0 fully saturated rings. The molecule has 1 heterocycles. The molecule has 0 aliphatic heterocycles. The number of rotatable bonds is 6. The van der Waals surface area contributed by atoms with E-state index in [1.807, 2.05) is 20.8 Å². The van der Waals surface area contributed by atoms with Crippen molar-refractivity contribution in [2.75, 3.05) is 18.5 Å². The Balaban J connectivity index is 3.01. The highest BCUT2D eigenvalue weighted by molar-refractivity contribution is 6.02. The Hall–Kier alpha value is -2.38. The number of esters is 2. The van der Waals surface area contributed by atoms with Crippen LogP contribution in [0.15, 0.2) is 0 Å².